The summed E-state index contributed by atoms with van der Waals surface area (Å²) < 4.78 is 43.4. The highest BCUT2D eigenvalue weighted by atomic mass is 32.1. The lowest BCUT2D eigenvalue weighted by Gasteiger charge is -2.13. The summed E-state index contributed by atoms with van der Waals surface area (Å²) in [5.74, 6) is -0.260. The quantitative estimate of drug-likeness (QED) is 0.131. The second kappa shape index (κ2) is 11.8. The predicted octanol–water partition coefficient (Wildman–Crippen LogP) is 8.45. The normalized spacial score (nSPS) is 12.0. The van der Waals surface area contributed by atoms with Crippen molar-refractivity contribution in [3.63, 3.8) is 0 Å². The Morgan fingerprint density at radius 2 is 1.63 bits per heavy atom. The van der Waals surface area contributed by atoms with Crippen molar-refractivity contribution in [1.82, 2.24) is 9.78 Å². The maximum Gasteiger partial charge on any atom is 0.573 e. The number of alkyl halides is 3. The van der Waals surface area contributed by atoms with E-state index in [2.05, 4.69) is 47.8 Å². The van der Waals surface area contributed by atoms with E-state index in [1.54, 1.807) is 16.8 Å². The maximum absolute atomic E-state index is 12.5. The van der Waals surface area contributed by atoms with Crippen molar-refractivity contribution in [3.8, 4) is 17.0 Å². The summed E-state index contributed by atoms with van der Waals surface area (Å²) in [6.45, 7) is 4.84. The van der Waals surface area contributed by atoms with Gasteiger partial charge in [0.1, 0.15) is 11.3 Å². The van der Waals surface area contributed by atoms with Gasteiger partial charge in [-0.05, 0) is 76.9 Å². The Bertz CT molecular complexity index is 1730. The molecule has 0 unspecified atom stereocenters. The van der Waals surface area contributed by atoms with Crippen LogP contribution in [0.25, 0.3) is 32.9 Å². The van der Waals surface area contributed by atoms with E-state index in [-0.39, 0.29) is 5.75 Å². The molecule has 8 heteroatoms. The molecule has 1 heterocycles. The molecule has 0 N–H and O–H groups in total. The molecule has 41 heavy (non-hydrogen) atoms. The molecule has 0 aliphatic rings. The van der Waals surface area contributed by atoms with E-state index in [9.17, 15) is 13.2 Å². The summed E-state index contributed by atoms with van der Waals surface area (Å²) in [6, 6.07) is 22.4. The second-order valence-electron chi connectivity index (χ2n) is 9.93. The van der Waals surface area contributed by atoms with Gasteiger partial charge in [0.15, 0.2) is 0 Å². The smallest absolute Gasteiger partial charge is 0.406 e. The molecular weight excluding hydrogens is 543 g/mol. The van der Waals surface area contributed by atoms with Gasteiger partial charge in [0, 0.05) is 40.9 Å². The number of aliphatic imine (C=N–C) groups is 1. The summed E-state index contributed by atoms with van der Waals surface area (Å²) >= 11 is 5.70. The maximum atomic E-state index is 12.5. The molecule has 0 spiro atoms. The number of halogens is 3. The monoisotopic (exact) mass is 573 g/mol. The first kappa shape index (κ1) is 28.5. The van der Waals surface area contributed by atoms with E-state index in [1.807, 2.05) is 37.5 Å². The van der Waals surface area contributed by atoms with Gasteiger partial charge in [-0.3, -0.25) is 9.67 Å². The molecular formula is C33H30F3N3OS. The van der Waals surface area contributed by atoms with Crippen LogP contribution in [0.4, 0.5) is 13.2 Å². The Morgan fingerprint density at radius 1 is 0.951 bits per heavy atom. The first-order valence-corrected chi connectivity index (χ1v) is 13.9. The van der Waals surface area contributed by atoms with Crippen molar-refractivity contribution in [2.24, 2.45) is 12.0 Å². The fourth-order valence-corrected chi connectivity index (χ4v) is 5.54. The van der Waals surface area contributed by atoms with Gasteiger partial charge in [0.05, 0.1) is 12.2 Å². The van der Waals surface area contributed by atoms with E-state index in [0.717, 1.165) is 62.6 Å². The third kappa shape index (κ3) is 6.33. The van der Waals surface area contributed by atoms with Gasteiger partial charge in [0.2, 0.25) is 0 Å². The highest BCUT2D eigenvalue weighted by molar-refractivity contribution is 7.80. The van der Waals surface area contributed by atoms with Crippen LogP contribution < -0.4 is 4.74 Å². The lowest BCUT2D eigenvalue weighted by molar-refractivity contribution is -0.274. The molecule has 0 aliphatic carbocycles. The van der Waals surface area contributed by atoms with Crippen LogP contribution in [-0.4, -0.2) is 33.8 Å². The Kier molecular flexibility index (Phi) is 8.22. The van der Waals surface area contributed by atoms with Crippen molar-refractivity contribution in [1.29, 1.82) is 0 Å². The van der Waals surface area contributed by atoms with E-state index >= 15 is 0 Å². The zero-order valence-corrected chi connectivity index (χ0v) is 23.9. The van der Waals surface area contributed by atoms with Gasteiger partial charge in [-0.1, -0.05) is 62.5 Å². The molecule has 4 aromatic carbocycles. The number of ether oxygens (including phenoxy) is 1. The Balaban J connectivity index is 1.34. The zero-order valence-electron chi connectivity index (χ0n) is 23.1. The van der Waals surface area contributed by atoms with Gasteiger partial charge < -0.3 is 4.74 Å². The fourth-order valence-electron chi connectivity index (χ4n) is 5.33. The minimum absolute atomic E-state index is 0.260. The summed E-state index contributed by atoms with van der Waals surface area (Å²) in [5.41, 5.74) is 7.39. The Hall–Kier alpha value is -4.04. The number of nitrogens with zero attached hydrogens (tertiary/aromatic N) is 3. The highest BCUT2D eigenvalue weighted by Crippen LogP contribution is 2.34. The predicted molar refractivity (Wildman–Crippen MR) is 164 cm³/mol. The first-order valence-electron chi connectivity index (χ1n) is 13.5. The minimum atomic E-state index is -4.73. The molecule has 5 rings (SSSR count). The number of benzene rings is 4. The molecule has 0 saturated heterocycles. The van der Waals surface area contributed by atoms with Crippen molar-refractivity contribution in [2.45, 2.75) is 39.5 Å². The standard InChI is InChI=1S/C33H30F3N3OS/c1-4-22-7-6-8-23(5-2)30(22)18-27(41)20-37-19-21-9-15-28-25(17-21)12-16-29-31(28)38-39(3)32(29)24-10-13-26(14-11-24)40-33(34,35)36/h6-17,19H,4-5,18,20H2,1-3H3. The second-order valence-corrected chi connectivity index (χ2v) is 10.5. The van der Waals surface area contributed by atoms with Crippen LogP contribution in [0.5, 0.6) is 5.75 Å². The molecule has 210 valence electrons. The number of thiocarbonyl (C=S) groups is 1. The third-order valence-electron chi connectivity index (χ3n) is 7.22. The van der Waals surface area contributed by atoms with E-state index in [0.29, 0.717) is 6.54 Å². The van der Waals surface area contributed by atoms with Crippen molar-refractivity contribution >= 4 is 45.0 Å². The van der Waals surface area contributed by atoms with Gasteiger partial charge >= 0.3 is 6.36 Å². The lowest BCUT2D eigenvalue weighted by Crippen LogP contribution is -2.16. The summed E-state index contributed by atoms with van der Waals surface area (Å²) in [4.78, 5) is 5.55. The van der Waals surface area contributed by atoms with Crippen molar-refractivity contribution in [2.75, 3.05) is 6.54 Å². The SMILES string of the molecule is CCc1cccc(CC)c1CC(=S)CN=Cc1ccc2c(ccc3c(-c4ccc(OC(F)(F)F)cc4)n(C)nc32)c1. The van der Waals surface area contributed by atoms with E-state index < -0.39 is 6.36 Å². The molecule has 5 aromatic rings. The number of rotatable bonds is 9. The van der Waals surface area contributed by atoms with Crippen LogP contribution in [0, 0.1) is 0 Å². The zero-order chi connectivity index (χ0) is 29.1. The fraction of sp³-hybridized carbons (Fsp3) is 0.242. The lowest BCUT2D eigenvalue weighted by atomic mass is 9.94. The number of aryl methyl sites for hydroxylation is 3. The number of fused-ring (bicyclic) bond motifs is 3. The average Bonchev–Trinajstić information content (AvgIpc) is 3.28. The molecule has 1 aromatic heterocycles. The molecule has 0 saturated carbocycles. The summed E-state index contributed by atoms with van der Waals surface area (Å²) in [7, 11) is 1.83. The van der Waals surface area contributed by atoms with Crippen LogP contribution in [0.3, 0.4) is 0 Å². The van der Waals surface area contributed by atoms with Crippen LogP contribution in [0.15, 0.2) is 77.8 Å². The Morgan fingerprint density at radius 3 is 2.29 bits per heavy atom. The Labute approximate surface area is 242 Å². The number of aromatic nitrogens is 2. The van der Waals surface area contributed by atoms with E-state index in [4.69, 9.17) is 17.3 Å². The molecule has 0 radical (unpaired) electrons. The van der Waals surface area contributed by atoms with Crippen molar-refractivity contribution in [3.05, 3.63) is 95.1 Å². The number of hydrogen-bond acceptors (Lipinski definition) is 4. The average molecular weight is 574 g/mol. The molecule has 4 nitrogen and oxygen atoms in total. The van der Waals surface area contributed by atoms with Gasteiger partial charge in [-0.25, -0.2) is 0 Å². The molecule has 0 amide bonds. The van der Waals surface area contributed by atoms with Gasteiger partial charge in [-0.15, -0.1) is 13.2 Å². The van der Waals surface area contributed by atoms with Gasteiger partial charge in [0.25, 0.3) is 0 Å². The van der Waals surface area contributed by atoms with Crippen LogP contribution in [0.2, 0.25) is 0 Å². The number of hydrogen-bond donors (Lipinski definition) is 0. The van der Waals surface area contributed by atoms with Crippen LogP contribution in [-0.2, 0) is 26.3 Å². The highest BCUT2D eigenvalue weighted by Gasteiger charge is 2.31. The van der Waals surface area contributed by atoms with Crippen molar-refractivity contribution < 1.29 is 17.9 Å². The molecule has 0 atom stereocenters. The minimum Gasteiger partial charge on any atom is -0.406 e. The van der Waals surface area contributed by atoms with Gasteiger partial charge in [-0.2, -0.15) is 5.10 Å². The molecule has 0 fully saturated rings. The summed E-state index contributed by atoms with van der Waals surface area (Å²) in [6.07, 6.45) is -0.137. The topological polar surface area (TPSA) is 39.4 Å². The molecule has 0 aliphatic heterocycles. The third-order valence-corrected chi connectivity index (χ3v) is 7.49. The molecule has 0 bridgehead atoms. The largest absolute Gasteiger partial charge is 0.573 e. The van der Waals surface area contributed by atoms with Crippen LogP contribution >= 0.6 is 12.2 Å². The summed E-state index contributed by atoms with van der Waals surface area (Å²) in [5, 5.41) is 7.65. The first-order chi connectivity index (χ1) is 19.7. The van der Waals surface area contributed by atoms with E-state index in [1.165, 1.54) is 28.8 Å². The van der Waals surface area contributed by atoms with Crippen LogP contribution in [0.1, 0.15) is 36.1 Å².